The van der Waals surface area contributed by atoms with Gasteiger partial charge in [0.15, 0.2) is 0 Å². The van der Waals surface area contributed by atoms with Crippen molar-refractivity contribution in [3.8, 4) is 11.5 Å². The average Bonchev–Trinajstić information content (AvgIpc) is 2.34. The Morgan fingerprint density at radius 3 is 2.47 bits per heavy atom. The number of hydrogen-bond donors (Lipinski definition) is 1. The van der Waals surface area contributed by atoms with Gasteiger partial charge in [-0.3, -0.25) is 0 Å². The van der Waals surface area contributed by atoms with E-state index in [1.54, 1.807) is 0 Å². The summed E-state index contributed by atoms with van der Waals surface area (Å²) in [5.41, 5.74) is 9.08. The highest BCUT2D eigenvalue weighted by molar-refractivity contribution is 5.42. The van der Waals surface area contributed by atoms with E-state index in [1.165, 1.54) is 5.56 Å². The lowest BCUT2D eigenvalue weighted by Crippen LogP contribution is -2.00. The van der Waals surface area contributed by atoms with Gasteiger partial charge >= 0.3 is 0 Å². The Hall–Kier alpha value is -1.80. The number of rotatable bonds is 3. The largest absolute Gasteiger partial charge is 0.457 e. The Morgan fingerprint density at radius 2 is 1.76 bits per heavy atom. The molecule has 2 heteroatoms. The molecule has 0 spiro atoms. The van der Waals surface area contributed by atoms with E-state index in [-0.39, 0.29) is 0 Å². The zero-order valence-electron chi connectivity index (χ0n) is 10.2. The fourth-order valence-electron chi connectivity index (χ4n) is 1.76. The summed E-state index contributed by atoms with van der Waals surface area (Å²) in [5.74, 6) is 1.72. The van der Waals surface area contributed by atoms with E-state index in [0.29, 0.717) is 6.54 Å². The molecule has 0 aliphatic carbocycles. The molecule has 2 aromatic carbocycles. The van der Waals surface area contributed by atoms with Gasteiger partial charge in [-0.1, -0.05) is 35.9 Å². The molecule has 2 aromatic rings. The van der Waals surface area contributed by atoms with Crippen molar-refractivity contribution in [2.24, 2.45) is 5.73 Å². The quantitative estimate of drug-likeness (QED) is 0.870. The normalized spacial score (nSPS) is 10.3. The van der Waals surface area contributed by atoms with E-state index in [4.69, 9.17) is 10.5 Å². The maximum absolute atomic E-state index is 5.91. The topological polar surface area (TPSA) is 35.2 Å². The number of aryl methyl sites for hydroxylation is 2. The maximum Gasteiger partial charge on any atom is 0.131 e. The number of benzene rings is 2. The third kappa shape index (κ3) is 2.66. The standard InChI is InChI=1S/C15H17NO/c1-11-7-8-15(13(9-11)10-16)17-14-6-4-3-5-12(14)2/h3-9H,10,16H2,1-2H3. The van der Waals surface area contributed by atoms with Gasteiger partial charge in [0.05, 0.1) is 0 Å². The third-order valence-corrected chi connectivity index (χ3v) is 2.75. The summed E-state index contributed by atoms with van der Waals surface area (Å²) in [6.45, 7) is 4.57. The number of ether oxygens (including phenoxy) is 1. The highest BCUT2D eigenvalue weighted by Gasteiger charge is 2.05. The molecule has 0 atom stereocenters. The molecule has 2 N–H and O–H groups in total. The van der Waals surface area contributed by atoms with Gasteiger partial charge in [0.1, 0.15) is 11.5 Å². The summed E-state index contributed by atoms with van der Waals surface area (Å²) in [6.07, 6.45) is 0. The van der Waals surface area contributed by atoms with Crippen LogP contribution in [-0.4, -0.2) is 0 Å². The van der Waals surface area contributed by atoms with Gasteiger partial charge in [0.25, 0.3) is 0 Å². The van der Waals surface area contributed by atoms with Crippen LogP contribution in [0.15, 0.2) is 42.5 Å². The zero-order valence-corrected chi connectivity index (χ0v) is 10.2. The van der Waals surface area contributed by atoms with Crippen LogP contribution in [0.3, 0.4) is 0 Å². The molecule has 2 rings (SSSR count). The first kappa shape index (κ1) is 11.7. The predicted octanol–water partition coefficient (Wildman–Crippen LogP) is 3.55. The van der Waals surface area contributed by atoms with Crippen LogP contribution in [0.1, 0.15) is 16.7 Å². The molecule has 0 fully saturated rings. The molecule has 88 valence electrons. The van der Waals surface area contributed by atoms with Crippen LogP contribution >= 0.6 is 0 Å². The summed E-state index contributed by atoms with van der Waals surface area (Å²) < 4.78 is 5.91. The first-order chi connectivity index (χ1) is 8.20. The van der Waals surface area contributed by atoms with Crippen molar-refractivity contribution >= 4 is 0 Å². The monoisotopic (exact) mass is 227 g/mol. The molecule has 0 aliphatic rings. The smallest absolute Gasteiger partial charge is 0.131 e. The fraction of sp³-hybridized carbons (Fsp3) is 0.200. The Morgan fingerprint density at radius 1 is 1.00 bits per heavy atom. The van der Waals surface area contributed by atoms with Gasteiger partial charge < -0.3 is 10.5 Å². The first-order valence-electron chi connectivity index (χ1n) is 5.74. The Labute approximate surface area is 102 Å². The minimum Gasteiger partial charge on any atom is -0.457 e. The van der Waals surface area contributed by atoms with Crippen molar-refractivity contribution in [2.45, 2.75) is 20.4 Å². The summed E-state index contributed by atoms with van der Waals surface area (Å²) in [5, 5.41) is 0. The van der Waals surface area contributed by atoms with Gasteiger partial charge in [-0.25, -0.2) is 0 Å². The van der Waals surface area contributed by atoms with Gasteiger partial charge in [-0.15, -0.1) is 0 Å². The minimum atomic E-state index is 0.489. The molecule has 0 amide bonds. The summed E-state index contributed by atoms with van der Waals surface area (Å²) >= 11 is 0. The average molecular weight is 227 g/mol. The molecule has 0 saturated carbocycles. The SMILES string of the molecule is Cc1ccc(Oc2ccccc2C)c(CN)c1. The lowest BCUT2D eigenvalue weighted by atomic mass is 10.1. The lowest BCUT2D eigenvalue weighted by Gasteiger charge is -2.12. The first-order valence-corrected chi connectivity index (χ1v) is 5.74. The van der Waals surface area contributed by atoms with Crippen LogP contribution in [0.25, 0.3) is 0 Å². The van der Waals surface area contributed by atoms with E-state index in [1.807, 2.05) is 43.3 Å². The number of nitrogens with two attached hydrogens (primary N) is 1. The molecule has 0 radical (unpaired) electrons. The van der Waals surface area contributed by atoms with Gasteiger partial charge in [0, 0.05) is 12.1 Å². The molecule has 0 heterocycles. The fourth-order valence-corrected chi connectivity index (χ4v) is 1.76. The second kappa shape index (κ2) is 5.02. The van der Waals surface area contributed by atoms with Crippen LogP contribution < -0.4 is 10.5 Å². The van der Waals surface area contributed by atoms with Crippen LogP contribution in [-0.2, 0) is 6.54 Å². The van der Waals surface area contributed by atoms with Crippen molar-refractivity contribution < 1.29 is 4.74 Å². The summed E-state index contributed by atoms with van der Waals surface area (Å²) in [6, 6.07) is 14.0. The Bertz CT molecular complexity index is 520. The second-order valence-electron chi connectivity index (χ2n) is 4.18. The van der Waals surface area contributed by atoms with Crippen molar-refractivity contribution in [1.82, 2.24) is 0 Å². The predicted molar refractivity (Wildman–Crippen MR) is 70.3 cm³/mol. The van der Waals surface area contributed by atoms with Gasteiger partial charge in [0.2, 0.25) is 0 Å². The van der Waals surface area contributed by atoms with Gasteiger partial charge in [-0.05, 0) is 31.5 Å². The Kier molecular flexibility index (Phi) is 3.45. The van der Waals surface area contributed by atoms with Crippen LogP contribution in [0.2, 0.25) is 0 Å². The Balaban J connectivity index is 2.33. The van der Waals surface area contributed by atoms with E-state index in [0.717, 1.165) is 22.6 Å². The molecular formula is C15H17NO. The van der Waals surface area contributed by atoms with E-state index < -0.39 is 0 Å². The van der Waals surface area contributed by atoms with E-state index >= 15 is 0 Å². The molecule has 0 aromatic heterocycles. The minimum absolute atomic E-state index is 0.489. The van der Waals surface area contributed by atoms with Crippen LogP contribution in [0.4, 0.5) is 0 Å². The highest BCUT2D eigenvalue weighted by atomic mass is 16.5. The molecular weight excluding hydrogens is 210 g/mol. The van der Waals surface area contributed by atoms with Crippen LogP contribution in [0.5, 0.6) is 11.5 Å². The zero-order chi connectivity index (χ0) is 12.3. The molecule has 0 unspecified atom stereocenters. The van der Waals surface area contributed by atoms with Crippen LogP contribution in [0, 0.1) is 13.8 Å². The van der Waals surface area contributed by atoms with E-state index in [9.17, 15) is 0 Å². The van der Waals surface area contributed by atoms with Crippen molar-refractivity contribution in [3.05, 3.63) is 59.2 Å². The molecule has 2 nitrogen and oxygen atoms in total. The summed E-state index contributed by atoms with van der Waals surface area (Å²) in [7, 11) is 0. The van der Waals surface area contributed by atoms with Gasteiger partial charge in [-0.2, -0.15) is 0 Å². The lowest BCUT2D eigenvalue weighted by molar-refractivity contribution is 0.472. The molecule has 0 aliphatic heterocycles. The third-order valence-electron chi connectivity index (χ3n) is 2.75. The van der Waals surface area contributed by atoms with Crippen molar-refractivity contribution in [3.63, 3.8) is 0 Å². The van der Waals surface area contributed by atoms with Crippen molar-refractivity contribution in [1.29, 1.82) is 0 Å². The number of hydrogen-bond acceptors (Lipinski definition) is 2. The summed E-state index contributed by atoms with van der Waals surface area (Å²) in [4.78, 5) is 0. The highest BCUT2D eigenvalue weighted by Crippen LogP contribution is 2.28. The molecule has 0 bridgehead atoms. The number of para-hydroxylation sites is 1. The molecule has 0 saturated heterocycles. The second-order valence-corrected chi connectivity index (χ2v) is 4.18. The van der Waals surface area contributed by atoms with E-state index in [2.05, 4.69) is 13.0 Å². The molecule has 17 heavy (non-hydrogen) atoms. The maximum atomic E-state index is 5.91. The van der Waals surface area contributed by atoms with Crippen molar-refractivity contribution in [2.75, 3.05) is 0 Å².